The highest BCUT2D eigenvalue weighted by atomic mass is 16.5. The summed E-state index contributed by atoms with van der Waals surface area (Å²) in [6.45, 7) is 5.52. The second-order valence-corrected chi connectivity index (χ2v) is 6.61. The van der Waals surface area contributed by atoms with E-state index in [1.807, 2.05) is 25.1 Å². The van der Waals surface area contributed by atoms with Crippen LogP contribution in [-0.2, 0) is 9.59 Å². The molecule has 0 aromatic heterocycles. The molecule has 2 aromatic carbocycles. The maximum Gasteiger partial charge on any atom is 0.254 e. The number of nitrogens with one attached hydrogen (secondary N) is 1. The minimum Gasteiger partial charge on any atom is -0.492 e. The number of nitrogens with zero attached hydrogens (tertiary/aromatic N) is 1. The first-order chi connectivity index (χ1) is 12.9. The van der Waals surface area contributed by atoms with E-state index >= 15 is 0 Å². The Morgan fingerprint density at radius 1 is 1.11 bits per heavy atom. The molecule has 27 heavy (non-hydrogen) atoms. The highest BCUT2D eigenvalue weighted by Gasteiger charge is 2.37. The Hall–Kier alpha value is -3.15. The van der Waals surface area contributed by atoms with E-state index in [2.05, 4.69) is 5.32 Å². The standard InChI is InChI=1S/C21H22N2O4/c1-13-4-9-19-18(12-13)20(22-15(3)25)21(26)23(19)10-11-27-17-7-5-16(6-8-17)14(2)24/h4-9,12,20H,10-11H2,1-3H3,(H,22,25)/t20-/m1/s1. The lowest BCUT2D eigenvalue weighted by molar-refractivity contribution is -0.126. The van der Waals surface area contributed by atoms with Crippen molar-refractivity contribution in [1.29, 1.82) is 0 Å². The van der Waals surface area contributed by atoms with E-state index in [-0.39, 0.29) is 17.6 Å². The summed E-state index contributed by atoms with van der Waals surface area (Å²) in [4.78, 5) is 37.2. The van der Waals surface area contributed by atoms with E-state index in [1.165, 1.54) is 13.8 Å². The van der Waals surface area contributed by atoms with Crippen molar-refractivity contribution in [3.8, 4) is 5.75 Å². The van der Waals surface area contributed by atoms with Crippen LogP contribution in [0, 0.1) is 6.92 Å². The quantitative estimate of drug-likeness (QED) is 0.798. The third-order valence-corrected chi connectivity index (χ3v) is 4.49. The summed E-state index contributed by atoms with van der Waals surface area (Å²) in [5.41, 5.74) is 3.25. The van der Waals surface area contributed by atoms with Gasteiger partial charge in [0, 0.05) is 23.7 Å². The molecule has 0 bridgehead atoms. The Kier molecular flexibility index (Phi) is 5.26. The number of aryl methyl sites for hydroxylation is 1. The van der Waals surface area contributed by atoms with Gasteiger partial charge in [0.2, 0.25) is 5.91 Å². The highest BCUT2D eigenvalue weighted by Crippen LogP contribution is 2.36. The van der Waals surface area contributed by atoms with Crippen molar-refractivity contribution in [1.82, 2.24) is 5.32 Å². The Balaban J connectivity index is 1.70. The van der Waals surface area contributed by atoms with Gasteiger partial charge < -0.3 is 15.0 Å². The number of rotatable bonds is 6. The first-order valence-electron chi connectivity index (χ1n) is 8.79. The monoisotopic (exact) mass is 366 g/mol. The van der Waals surface area contributed by atoms with Crippen LogP contribution in [0.1, 0.15) is 41.4 Å². The number of hydrogen-bond acceptors (Lipinski definition) is 4. The molecule has 6 nitrogen and oxygen atoms in total. The Morgan fingerprint density at radius 2 is 1.81 bits per heavy atom. The first kappa shape index (κ1) is 18.6. The van der Waals surface area contributed by atoms with Crippen molar-refractivity contribution in [2.45, 2.75) is 26.8 Å². The summed E-state index contributed by atoms with van der Waals surface area (Å²) in [6, 6.07) is 12.0. The SMILES string of the molecule is CC(=O)N[C@H]1C(=O)N(CCOc2ccc(C(C)=O)cc2)c2ccc(C)cc21. The van der Waals surface area contributed by atoms with Gasteiger partial charge in [-0.05, 0) is 44.2 Å². The lowest BCUT2D eigenvalue weighted by Gasteiger charge is -2.18. The van der Waals surface area contributed by atoms with Gasteiger partial charge in [0.15, 0.2) is 5.78 Å². The number of carbonyl (C=O) groups is 3. The van der Waals surface area contributed by atoms with Gasteiger partial charge in [-0.2, -0.15) is 0 Å². The van der Waals surface area contributed by atoms with E-state index in [4.69, 9.17) is 4.74 Å². The largest absolute Gasteiger partial charge is 0.492 e. The molecule has 0 radical (unpaired) electrons. The van der Waals surface area contributed by atoms with E-state index in [9.17, 15) is 14.4 Å². The van der Waals surface area contributed by atoms with Crippen LogP contribution in [0.3, 0.4) is 0 Å². The van der Waals surface area contributed by atoms with E-state index in [1.54, 1.807) is 29.2 Å². The average molecular weight is 366 g/mol. The molecule has 0 aliphatic carbocycles. The minimum atomic E-state index is -0.660. The fourth-order valence-electron chi connectivity index (χ4n) is 3.17. The second-order valence-electron chi connectivity index (χ2n) is 6.61. The number of fused-ring (bicyclic) bond motifs is 1. The molecule has 0 unspecified atom stereocenters. The molecule has 0 saturated heterocycles. The fraction of sp³-hybridized carbons (Fsp3) is 0.286. The number of amides is 2. The zero-order valence-corrected chi connectivity index (χ0v) is 15.6. The van der Waals surface area contributed by atoms with Crippen molar-refractivity contribution >= 4 is 23.3 Å². The summed E-state index contributed by atoms with van der Waals surface area (Å²) in [7, 11) is 0. The zero-order chi connectivity index (χ0) is 19.6. The predicted octanol–water partition coefficient (Wildman–Crippen LogP) is 2.80. The lowest BCUT2D eigenvalue weighted by atomic mass is 10.1. The summed E-state index contributed by atoms with van der Waals surface area (Å²) >= 11 is 0. The second kappa shape index (κ2) is 7.61. The van der Waals surface area contributed by atoms with Crippen molar-refractivity contribution in [3.05, 3.63) is 59.2 Å². The number of ether oxygens (including phenoxy) is 1. The number of ketones is 1. The highest BCUT2D eigenvalue weighted by molar-refractivity contribution is 6.06. The number of hydrogen-bond donors (Lipinski definition) is 1. The van der Waals surface area contributed by atoms with Crippen LogP contribution in [0.2, 0.25) is 0 Å². The topological polar surface area (TPSA) is 75.7 Å². The molecule has 3 rings (SSSR count). The summed E-state index contributed by atoms with van der Waals surface area (Å²) in [5.74, 6) is 0.222. The third kappa shape index (κ3) is 4.00. The molecule has 1 N–H and O–H groups in total. The molecular weight excluding hydrogens is 344 g/mol. The smallest absolute Gasteiger partial charge is 0.254 e. The zero-order valence-electron chi connectivity index (χ0n) is 15.6. The van der Waals surface area contributed by atoms with Crippen LogP contribution in [0.25, 0.3) is 0 Å². The maximum atomic E-state index is 12.8. The van der Waals surface area contributed by atoms with E-state index < -0.39 is 6.04 Å². The van der Waals surface area contributed by atoms with Gasteiger partial charge in [-0.25, -0.2) is 0 Å². The normalized spacial score (nSPS) is 15.4. The molecular formula is C21H22N2O4. The molecule has 0 spiro atoms. The Morgan fingerprint density at radius 3 is 2.44 bits per heavy atom. The maximum absolute atomic E-state index is 12.8. The van der Waals surface area contributed by atoms with Gasteiger partial charge >= 0.3 is 0 Å². The summed E-state index contributed by atoms with van der Waals surface area (Å²) in [5, 5.41) is 2.73. The van der Waals surface area contributed by atoms with Crippen molar-refractivity contribution in [2.24, 2.45) is 0 Å². The molecule has 1 aliphatic heterocycles. The van der Waals surface area contributed by atoms with Gasteiger partial charge in [0.05, 0.1) is 6.54 Å². The van der Waals surface area contributed by atoms with E-state index in [0.717, 1.165) is 16.8 Å². The van der Waals surface area contributed by atoms with Crippen LogP contribution in [0.15, 0.2) is 42.5 Å². The lowest BCUT2D eigenvalue weighted by Crippen LogP contribution is -2.38. The van der Waals surface area contributed by atoms with Crippen molar-refractivity contribution < 1.29 is 19.1 Å². The molecule has 1 heterocycles. The Labute approximate surface area is 158 Å². The predicted molar refractivity (Wildman–Crippen MR) is 102 cm³/mol. The number of carbonyl (C=O) groups excluding carboxylic acids is 3. The van der Waals surface area contributed by atoms with Gasteiger partial charge in [0.25, 0.3) is 5.91 Å². The third-order valence-electron chi connectivity index (χ3n) is 4.49. The van der Waals surface area contributed by atoms with Crippen molar-refractivity contribution in [2.75, 3.05) is 18.1 Å². The minimum absolute atomic E-state index is 0.000118. The molecule has 1 aliphatic rings. The molecule has 2 amide bonds. The number of Topliss-reactive ketones (excluding diaryl/α,β-unsaturated/α-hetero) is 1. The average Bonchev–Trinajstić information content (AvgIpc) is 2.87. The molecule has 2 aromatic rings. The summed E-state index contributed by atoms with van der Waals surface area (Å²) in [6.07, 6.45) is 0. The van der Waals surface area contributed by atoms with Crippen LogP contribution >= 0.6 is 0 Å². The van der Waals surface area contributed by atoms with Gasteiger partial charge in [0.1, 0.15) is 18.4 Å². The molecule has 6 heteroatoms. The Bertz CT molecular complexity index is 890. The number of anilines is 1. The van der Waals surface area contributed by atoms with Gasteiger partial charge in [-0.15, -0.1) is 0 Å². The molecule has 0 saturated carbocycles. The van der Waals surface area contributed by atoms with Gasteiger partial charge in [-0.3, -0.25) is 14.4 Å². The van der Waals surface area contributed by atoms with Crippen LogP contribution in [0.4, 0.5) is 5.69 Å². The van der Waals surface area contributed by atoms with Crippen molar-refractivity contribution in [3.63, 3.8) is 0 Å². The fourth-order valence-corrected chi connectivity index (χ4v) is 3.17. The number of benzene rings is 2. The van der Waals surface area contributed by atoms with E-state index in [0.29, 0.717) is 24.5 Å². The summed E-state index contributed by atoms with van der Waals surface area (Å²) < 4.78 is 5.71. The van der Waals surface area contributed by atoms with Crippen LogP contribution in [0.5, 0.6) is 5.75 Å². The molecule has 1 atom stereocenters. The van der Waals surface area contributed by atoms with Crippen LogP contribution < -0.4 is 15.0 Å². The van der Waals surface area contributed by atoms with Gasteiger partial charge in [-0.1, -0.05) is 17.7 Å². The van der Waals surface area contributed by atoms with Crippen LogP contribution in [-0.4, -0.2) is 30.7 Å². The molecule has 140 valence electrons. The molecule has 0 fully saturated rings. The first-order valence-corrected chi connectivity index (χ1v) is 8.79.